The molecule has 3 nitrogen and oxygen atoms in total. The number of anilines is 1. The summed E-state index contributed by atoms with van der Waals surface area (Å²) in [5, 5.41) is 3.51. The molecule has 1 amide bonds. The summed E-state index contributed by atoms with van der Waals surface area (Å²) in [6, 6.07) is 15.2. The van der Waals surface area contributed by atoms with Crippen LogP contribution in [0.3, 0.4) is 0 Å². The SMILES string of the molecule is Nc1c(Cl)cccc1C(=O)NC(c1ccccc1)C1CC1. The van der Waals surface area contributed by atoms with Gasteiger partial charge in [0, 0.05) is 0 Å². The number of benzene rings is 2. The maximum absolute atomic E-state index is 12.5. The first-order chi connectivity index (χ1) is 10.2. The molecule has 0 aliphatic heterocycles. The second kappa shape index (κ2) is 5.78. The van der Waals surface area contributed by atoms with Gasteiger partial charge in [-0.25, -0.2) is 0 Å². The first kappa shape index (κ1) is 14.0. The van der Waals surface area contributed by atoms with Crippen LogP contribution in [-0.4, -0.2) is 5.91 Å². The predicted molar refractivity (Wildman–Crippen MR) is 85.2 cm³/mol. The average Bonchev–Trinajstić information content (AvgIpc) is 3.33. The summed E-state index contributed by atoms with van der Waals surface area (Å²) in [5.74, 6) is 0.340. The lowest BCUT2D eigenvalue weighted by Crippen LogP contribution is -2.30. The van der Waals surface area contributed by atoms with E-state index in [0.29, 0.717) is 22.2 Å². The minimum absolute atomic E-state index is 0.0390. The molecule has 3 N–H and O–H groups in total. The number of para-hydroxylation sites is 1. The van der Waals surface area contributed by atoms with Crippen molar-refractivity contribution in [1.29, 1.82) is 0 Å². The smallest absolute Gasteiger partial charge is 0.253 e. The molecular weight excluding hydrogens is 284 g/mol. The zero-order chi connectivity index (χ0) is 14.8. The van der Waals surface area contributed by atoms with Gasteiger partial charge in [0.2, 0.25) is 0 Å². The van der Waals surface area contributed by atoms with Gasteiger partial charge in [0.15, 0.2) is 0 Å². The van der Waals surface area contributed by atoms with Crippen LogP contribution in [0.15, 0.2) is 48.5 Å². The van der Waals surface area contributed by atoms with Crippen LogP contribution in [-0.2, 0) is 0 Å². The van der Waals surface area contributed by atoms with Crippen LogP contribution in [0.5, 0.6) is 0 Å². The summed E-state index contributed by atoms with van der Waals surface area (Å²) < 4.78 is 0. The fourth-order valence-electron chi connectivity index (χ4n) is 2.52. The van der Waals surface area contributed by atoms with E-state index >= 15 is 0 Å². The molecule has 2 aromatic carbocycles. The Morgan fingerprint density at radius 2 is 1.86 bits per heavy atom. The van der Waals surface area contributed by atoms with Gasteiger partial charge < -0.3 is 11.1 Å². The van der Waals surface area contributed by atoms with Crippen LogP contribution in [0.4, 0.5) is 5.69 Å². The number of halogens is 1. The molecule has 0 spiro atoms. The van der Waals surface area contributed by atoms with E-state index in [2.05, 4.69) is 5.32 Å². The van der Waals surface area contributed by atoms with Crippen molar-refractivity contribution in [3.8, 4) is 0 Å². The van der Waals surface area contributed by atoms with E-state index in [4.69, 9.17) is 17.3 Å². The molecule has 2 aromatic rings. The van der Waals surface area contributed by atoms with Gasteiger partial charge >= 0.3 is 0 Å². The molecule has 1 aliphatic carbocycles. The molecule has 1 aliphatic rings. The van der Waals surface area contributed by atoms with E-state index in [-0.39, 0.29) is 11.9 Å². The number of carbonyl (C=O) groups excluding carboxylic acids is 1. The van der Waals surface area contributed by atoms with E-state index in [1.165, 1.54) is 0 Å². The van der Waals surface area contributed by atoms with Crippen molar-refractivity contribution in [1.82, 2.24) is 5.32 Å². The van der Waals surface area contributed by atoms with Gasteiger partial charge in [-0.15, -0.1) is 0 Å². The van der Waals surface area contributed by atoms with E-state index < -0.39 is 0 Å². The van der Waals surface area contributed by atoms with Crippen molar-refractivity contribution < 1.29 is 4.79 Å². The molecule has 1 saturated carbocycles. The van der Waals surface area contributed by atoms with Crippen molar-refractivity contribution >= 4 is 23.2 Å². The van der Waals surface area contributed by atoms with Gasteiger partial charge in [0.05, 0.1) is 22.3 Å². The molecule has 1 unspecified atom stereocenters. The Bertz CT molecular complexity index is 653. The maximum Gasteiger partial charge on any atom is 0.253 e. The molecule has 0 heterocycles. The summed E-state index contributed by atoms with van der Waals surface area (Å²) in [7, 11) is 0. The highest BCUT2D eigenvalue weighted by atomic mass is 35.5. The predicted octanol–water partition coefficient (Wildman–Crippen LogP) is 3.80. The number of hydrogen-bond donors (Lipinski definition) is 2. The Morgan fingerprint density at radius 1 is 1.14 bits per heavy atom. The van der Waals surface area contributed by atoms with Gasteiger partial charge in [0.25, 0.3) is 5.91 Å². The molecule has 4 heteroatoms. The molecule has 0 radical (unpaired) electrons. The van der Waals surface area contributed by atoms with E-state index in [1.807, 2.05) is 30.3 Å². The third-order valence-corrected chi connectivity index (χ3v) is 4.17. The first-order valence-electron chi connectivity index (χ1n) is 7.06. The number of nitrogens with two attached hydrogens (primary N) is 1. The summed E-state index contributed by atoms with van der Waals surface area (Å²) in [4.78, 5) is 12.5. The van der Waals surface area contributed by atoms with Gasteiger partial charge in [-0.3, -0.25) is 4.79 Å². The normalized spacial score (nSPS) is 15.5. The monoisotopic (exact) mass is 300 g/mol. The molecule has 0 saturated heterocycles. The standard InChI is InChI=1S/C17H17ClN2O/c18-14-8-4-7-13(15(14)19)17(21)20-16(12-9-10-12)11-5-2-1-3-6-11/h1-8,12,16H,9-10,19H2,(H,20,21). The molecule has 0 bridgehead atoms. The number of hydrogen-bond acceptors (Lipinski definition) is 2. The maximum atomic E-state index is 12.5. The molecule has 21 heavy (non-hydrogen) atoms. The second-order valence-electron chi connectivity index (χ2n) is 5.40. The number of nitrogens with one attached hydrogen (secondary N) is 1. The fraction of sp³-hybridized carbons (Fsp3) is 0.235. The summed E-state index contributed by atoms with van der Waals surface area (Å²) in [5.41, 5.74) is 7.80. The topological polar surface area (TPSA) is 55.1 Å². The summed E-state index contributed by atoms with van der Waals surface area (Å²) >= 11 is 5.98. The van der Waals surface area contributed by atoms with Gasteiger partial charge in [0.1, 0.15) is 0 Å². The first-order valence-corrected chi connectivity index (χ1v) is 7.44. The van der Waals surface area contributed by atoms with E-state index in [9.17, 15) is 4.79 Å². The number of rotatable bonds is 4. The van der Waals surface area contributed by atoms with Crippen LogP contribution < -0.4 is 11.1 Å². The van der Waals surface area contributed by atoms with Gasteiger partial charge in [-0.05, 0) is 36.5 Å². The van der Waals surface area contributed by atoms with Crippen molar-refractivity contribution in [2.45, 2.75) is 18.9 Å². The molecule has 0 aromatic heterocycles. The average molecular weight is 301 g/mol. The quantitative estimate of drug-likeness (QED) is 0.844. The van der Waals surface area contributed by atoms with Gasteiger partial charge in [-0.1, -0.05) is 48.0 Å². The van der Waals surface area contributed by atoms with Crippen molar-refractivity contribution in [3.05, 3.63) is 64.7 Å². The largest absolute Gasteiger partial charge is 0.397 e. The number of carbonyl (C=O) groups is 1. The zero-order valence-electron chi connectivity index (χ0n) is 11.6. The number of amides is 1. The van der Waals surface area contributed by atoms with Crippen molar-refractivity contribution in [2.75, 3.05) is 5.73 Å². The van der Waals surface area contributed by atoms with Crippen molar-refractivity contribution in [2.24, 2.45) is 5.92 Å². The summed E-state index contributed by atoms with van der Waals surface area (Å²) in [6.45, 7) is 0. The molecular formula is C17H17ClN2O. The van der Waals surface area contributed by atoms with Crippen LogP contribution in [0.25, 0.3) is 0 Å². The van der Waals surface area contributed by atoms with Crippen molar-refractivity contribution in [3.63, 3.8) is 0 Å². The fourth-order valence-corrected chi connectivity index (χ4v) is 2.69. The highest BCUT2D eigenvalue weighted by molar-refractivity contribution is 6.33. The highest BCUT2D eigenvalue weighted by Gasteiger charge is 2.33. The molecule has 1 fully saturated rings. The van der Waals surface area contributed by atoms with Crippen LogP contribution in [0.2, 0.25) is 5.02 Å². The lowest BCUT2D eigenvalue weighted by atomic mass is 10.0. The lowest BCUT2D eigenvalue weighted by molar-refractivity contribution is 0.0932. The van der Waals surface area contributed by atoms with Gasteiger partial charge in [-0.2, -0.15) is 0 Å². The molecule has 1 atom stereocenters. The lowest BCUT2D eigenvalue weighted by Gasteiger charge is -2.19. The Hall–Kier alpha value is -2.00. The van der Waals surface area contributed by atoms with Crippen LogP contribution >= 0.6 is 11.6 Å². The Balaban J connectivity index is 1.83. The third-order valence-electron chi connectivity index (χ3n) is 3.84. The Kier molecular flexibility index (Phi) is 3.84. The minimum Gasteiger partial charge on any atom is -0.397 e. The Labute approximate surface area is 129 Å². The summed E-state index contributed by atoms with van der Waals surface area (Å²) in [6.07, 6.45) is 2.29. The Morgan fingerprint density at radius 3 is 2.52 bits per heavy atom. The highest BCUT2D eigenvalue weighted by Crippen LogP contribution is 2.41. The number of nitrogen functional groups attached to an aromatic ring is 1. The van der Waals surface area contributed by atoms with E-state index in [0.717, 1.165) is 18.4 Å². The molecule has 3 rings (SSSR count). The molecule has 108 valence electrons. The second-order valence-corrected chi connectivity index (χ2v) is 5.81. The third kappa shape index (κ3) is 3.03. The zero-order valence-corrected chi connectivity index (χ0v) is 12.3. The minimum atomic E-state index is -0.171. The van der Waals surface area contributed by atoms with Crippen LogP contribution in [0.1, 0.15) is 34.8 Å². The van der Waals surface area contributed by atoms with Crippen LogP contribution in [0, 0.1) is 5.92 Å². The van der Waals surface area contributed by atoms with E-state index in [1.54, 1.807) is 18.2 Å².